The highest BCUT2D eigenvalue weighted by atomic mass is 32.1. The van der Waals surface area contributed by atoms with Crippen molar-refractivity contribution in [1.29, 1.82) is 0 Å². The molecule has 2 heterocycles. The summed E-state index contributed by atoms with van der Waals surface area (Å²) in [6.45, 7) is 4.30. The molecule has 2 atom stereocenters. The Morgan fingerprint density at radius 2 is 1.58 bits per heavy atom. The van der Waals surface area contributed by atoms with Crippen molar-refractivity contribution in [3.63, 3.8) is 0 Å². The van der Waals surface area contributed by atoms with Gasteiger partial charge in [0.1, 0.15) is 0 Å². The normalized spacial score (nSPS) is 31.6. The molecular formula is C22H34N3S+. The Hall–Kier alpha value is -1.13. The number of hydrogen-bond acceptors (Lipinski definition) is 1. The minimum Gasteiger partial charge on any atom is -0.359 e. The van der Waals surface area contributed by atoms with Crippen LogP contribution in [0.25, 0.3) is 0 Å². The Morgan fingerprint density at radius 1 is 0.923 bits per heavy atom. The first-order valence-electron chi connectivity index (χ1n) is 10.6. The zero-order valence-electron chi connectivity index (χ0n) is 16.3. The van der Waals surface area contributed by atoms with E-state index in [4.69, 9.17) is 12.2 Å². The molecule has 4 rings (SSSR count). The molecule has 3 N–H and O–H groups in total. The van der Waals surface area contributed by atoms with Crippen molar-refractivity contribution in [1.82, 2.24) is 5.32 Å². The summed E-state index contributed by atoms with van der Waals surface area (Å²) in [5, 5.41) is 7.84. The molecule has 1 saturated carbocycles. The Kier molecular flexibility index (Phi) is 5.51. The van der Waals surface area contributed by atoms with E-state index in [0.717, 1.165) is 28.9 Å². The summed E-state index contributed by atoms with van der Waals surface area (Å²) in [6.07, 6.45) is 12.7. The van der Waals surface area contributed by atoms with E-state index < -0.39 is 0 Å². The van der Waals surface area contributed by atoms with Crippen LogP contribution in [-0.2, 0) is 0 Å². The Labute approximate surface area is 163 Å². The highest BCUT2D eigenvalue weighted by Gasteiger charge is 2.45. The van der Waals surface area contributed by atoms with E-state index in [-0.39, 0.29) is 0 Å². The fourth-order valence-corrected chi connectivity index (χ4v) is 6.07. The SMILES string of the molecule is Cc1ccc(NC(=S)NC2C[C@H]3CCC[C@H](C2)[NH+]3C2CCCC2)cc1C. The van der Waals surface area contributed by atoms with Crippen LogP contribution in [0.4, 0.5) is 5.69 Å². The number of rotatable bonds is 3. The molecule has 4 heteroatoms. The van der Waals surface area contributed by atoms with Gasteiger partial charge >= 0.3 is 0 Å². The molecule has 0 aromatic heterocycles. The summed E-state index contributed by atoms with van der Waals surface area (Å²) in [7, 11) is 0. The van der Waals surface area contributed by atoms with Crippen LogP contribution in [0.2, 0.25) is 0 Å². The first-order valence-corrected chi connectivity index (χ1v) is 11.0. The zero-order chi connectivity index (χ0) is 18.1. The number of nitrogens with one attached hydrogen (secondary N) is 3. The molecule has 1 aromatic rings. The van der Waals surface area contributed by atoms with Crippen molar-refractivity contribution in [3.8, 4) is 0 Å². The largest absolute Gasteiger partial charge is 0.359 e. The second kappa shape index (κ2) is 7.85. The van der Waals surface area contributed by atoms with Gasteiger partial charge in [-0.1, -0.05) is 6.07 Å². The number of quaternary nitrogens is 1. The lowest BCUT2D eigenvalue weighted by Crippen LogP contribution is -3.24. The number of hydrogen-bond donors (Lipinski definition) is 3. The second-order valence-electron chi connectivity index (χ2n) is 8.87. The molecule has 0 spiro atoms. The molecule has 142 valence electrons. The second-order valence-corrected chi connectivity index (χ2v) is 9.28. The summed E-state index contributed by atoms with van der Waals surface area (Å²) in [6, 6.07) is 9.67. The Balaban J connectivity index is 1.35. The van der Waals surface area contributed by atoms with E-state index in [9.17, 15) is 0 Å². The molecule has 2 saturated heterocycles. The van der Waals surface area contributed by atoms with Crippen molar-refractivity contribution < 1.29 is 4.90 Å². The molecule has 1 aliphatic carbocycles. The van der Waals surface area contributed by atoms with Crippen molar-refractivity contribution in [2.45, 2.75) is 95.8 Å². The Bertz CT molecular complexity index is 639. The lowest BCUT2D eigenvalue weighted by molar-refractivity contribution is -0.982. The monoisotopic (exact) mass is 372 g/mol. The molecular weight excluding hydrogens is 338 g/mol. The van der Waals surface area contributed by atoms with Gasteiger partial charge in [-0.05, 0) is 94.3 Å². The summed E-state index contributed by atoms with van der Waals surface area (Å²) in [5.41, 5.74) is 3.73. The number of piperidine rings is 2. The van der Waals surface area contributed by atoms with Crippen LogP contribution < -0.4 is 15.5 Å². The standard InChI is InChI=1S/C22H33N3S/c1-15-10-11-17(12-16(15)2)23-22(26)24-18-13-20-8-5-9-21(14-18)25(20)19-6-3-4-7-19/h10-12,18-21H,3-9,13-14H2,1-2H3,(H2,23,24,26)/p+1/t20-,21-/m1/s1. The van der Waals surface area contributed by atoms with Crippen LogP contribution in [0.15, 0.2) is 18.2 Å². The van der Waals surface area contributed by atoms with Gasteiger partial charge in [-0.15, -0.1) is 0 Å². The number of thiocarbonyl (C=S) groups is 1. The highest BCUT2D eigenvalue weighted by molar-refractivity contribution is 7.80. The van der Waals surface area contributed by atoms with Gasteiger partial charge in [-0.3, -0.25) is 0 Å². The average molecular weight is 373 g/mol. The first kappa shape index (κ1) is 18.2. The van der Waals surface area contributed by atoms with E-state index >= 15 is 0 Å². The highest BCUT2D eigenvalue weighted by Crippen LogP contribution is 2.26. The van der Waals surface area contributed by atoms with Crippen LogP contribution in [0, 0.1) is 13.8 Å². The van der Waals surface area contributed by atoms with Gasteiger partial charge in [0.05, 0.1) is 18.1 Å². The predicted molar refractivity (Wildman–Crippen MR) is 113 cm³/mol. The zero-order valence-corrected chi connectivity index (χ0v) is 17.1. The maximum atomic E-state index is 5.63. The van der Waals surface area contributed by atoms with Crippen molar-refractivity contribution >= 4 is 23.0 Å². The summed E-state index contributed by atoms with van der Waals surface area (Å²) < 4.78 is 0. The van der Waals surface area contributed by atoms with E-state index in [0.29, 0.717) is 6.04 Å². The minimum absolute atomic E-state index is 0.544. The van der Waals surface area contributed by atoms with Crippen LogP contribution in [-0.4, -0.2) is 29.3 Å². The van der Waals surface area contributed by atoms with E-state index in [1.54, 1.807) is 0 Å². The van der Waals surface area contributed by atoms with E-state index in [1.807, 2.05) is 4.90 Å². The van der Waals surface area contributed by atoms with E-state index in [2.05, 4.69) is 42.7 Å². The number of fused-ring (bicyclic) bond motifs is 2. The fourth-order valence-electron chi connectivity index (χ4n) is 5.78. The number of aryl methyl sites for hydroxylation is 2. The molecule has 2 bridgehead atoms. The van der Waals surface area contributed by atoms with E-state index in [1.165, 1.54) is 68.9 Å². The third kappa shape index (κ3) is 3.91. The molecule has 0 radical (unpaired) electrons. The smallest absolute Gasteiger partial charge is 0.171 e. The van der Waals surface area contributed by atoms with Gasteiger partial charge in [-0.2, -0.15) is 0 Å². The molecule has 0 amide bonds. The molecule has 1 aromatic carbocycles. The van der Waals surface area contributed by atoms with Crippen LogP contribution in [0.5, 0.6) is 0 Å². The van der Waals surface area contributed by atoms with Crippen LogP contribution in [0.3, 0.4) is 0 Å². The van der Waals surface area contributed by atoms with Gasteiger partial charge in [0.25, 0.3) is 0 Å². The lowest BCUT2D eigenvalue weighted by Gasteiger charge is -2.48. The topological polar surface area (TPSA) is 28.5 Å². The quantitative estimate of drug-likeness (QED) is 0.709. The first-order chi connectivity index (χ1) is 12.6. The van der Waals surface area contributed by atoms with Gasteiger partial charge in [-0.25, -0.2) is 0 Å². The molecule has 26 heavy (non-hydrogen) atoms. The molecule has 0 unspecified atom stereocenters. The van der Waals surface area contributed by atoms with Gasteiger partial charge in [0, 0.05) is 24.6 Å². The Morgan fingerprint density at radius 3 is 2.23 bits per heavy atom. The summed E-state index contributed by atoms with van der Waals surface area (Å²) in [4.78, 5) is 1.97. The molecule has 3 aliphatic rings. The number of benzene rings is 1. The van der Waals surface area contributed by atoms with Gasteiger partial charge in [0.2, 0.25) is 0 Å². The third-order valence-corrected chi connectivity index (χ3v) is 7.33. The maximum Gasteiger partial charge on any atom is 0.171 e. The fraction of sp³-hybridized carbons (Fsp3) is 0.682. The minimum atomic E-state index is 0.544. The van der Waals surface area contributed by atoms with Crippen molar-refractivity contribution in [3.05, 3.63) is 29.3 Å². The molecule has 2 aliphatic heterocycles. The molecule has 3 fully saturated rings. The third-order valence-electron chi connectivity index (χ3n) is 7.11. The van der Waals surface area contributed by atoms with Crippen LogP contribution >= 0.6 is 12.2 Å². The van der Waals surface area contributed by atoms with Gasteiger partial charge in [0.15, 0.2) is 5.11 Å². The van der Waals surface area contributed by atoms with Crippen molar-refractivity contribution in [2.24, 2.45) is 0 Å². The summed E-state index contributed by atoms with van der Waals surface area (Å²) in [5.74, 6) is 0. The molecule has 3 nitrogen and oxygen atoms in total. The average Bonchev–Trinajstić information content (AvgIpc) is 3.11. The predicted octanol–water partition coefficient (Wildman–Crippen LogP) is 3.50. The van der Waals surface area contributed by atoms with Crippen LogP contribution in [0.1, 0.15) is 68.9 Å². The summed E-state index contributed by atoms with van der Waals surface area (Å²) >= 11 is 5.63. The lowest BCUT2D eigenvalue weighted by atomic mass is 9.80. The maximum absolute atomic E-state index is 5.63. The number of anilines is 1. The van der Waals surface area contributed by atoms with Crippen molar-refractivity contribution in [2.75, 3.05) is 5.32 Å². The van der Waals surface area contributed by atoms with Gasteiger partial charge < -0.3 is 15.5 Å².